The maximum atomic E-state index is 5.54. The van der Waals surface area contributed by atoms with Gasteiger partial charge in [-0.15, -0.1) is 0 Å². The van der Waals surface area contributed by atoms with Gasteiger partial charge in [0.1, 0.15) is 5.76 Å². The van der Waals surface area contributed by atoms with E-state index in [4.69, 9.17) is 4.42 Å². The predicted octanol–water partition coefficient (Wildman–Crippen LogP) is 3.26. The summed E-state index contributed by atoms with van der Waals surface area (Å²) < 4.78 is 5.54. The summed E-state index contributed by atoms with van der Waals surface area (Å²) in [5.74, 6) is 1.06. The van der Waals surface area contributed by atoms with E-state index in [0.717, 1.165) is 25.4 Å². The largest absolute Gasteiger partial charge is 0.468 e. The van der Waals surface area contributed by atoms with Crippen LogP contribution in [-0.2, 0) is 13.1 Å². The van der Waals surface area contributed by atoms with E-state index in [1.807, 2.05) is 0 Å². The van der Waals surface area contributed by atoms with Gasteiger partial charge >= 0.3 is 0 Å². The van der Waals surface area contributed by atoms with Gasteiger partial charge in [0.25, 0.3) is 0 Å². The number of nitrogens with one attached hydrogen (secondary N) is 1. The molecule has 0 fully saturated rings. The Balaban J connectivity index is 2.64. The smallest absolute Gasteiger partial charge is 0.122 e. The second kappa shape index (κ2) is 6.39. The molecular weight excluding hydrogens is 224 g/mol. The van der Waals surface area contributed by atoms with Crippen LogP contribution in [0.5, 0.6) is 0 Å². The van der Waals surface area contributed by atoms with E-state index >= 15 is 0 Å². The fourth-order valence-electron chi connectivity index (χ4n) is 1.97. The zero-order valence-corrected chi connectivity index (χ0v) is 12.7. The molecule has 104 valence electrons. The molecule has 0 saturated heterocycles. The summed E-state index contributed by atoms with van der Waals surface area (Å²) in [6.07, 6.45) is 1.79. The van der Waals surface area contributed by atoms with Crippen LogP contribution in [-0.4, -0.2) is 24.5 Å². The number of furan rings is 1. The molecule has 1 atom stereocenters. The van der Waals surface area contributed by atoms with Crippen LogP contribution in [0.25, 0.3) is 0 Å². The molecule has 1 aromatic heterocycles. The molecule has 0 aliphatic rings. The molecular formula is C15H28N2O. The Labute approximate surface area is 112 Å². The summed E-state index contributed by atoms with van der Waals surface area (Å²) >= 11 is 0. The summed E-state index contributed by atoms with van der Waals surface area (Å²) in [4.78, 5) is 2.39. The van der Waals surface area contributed by atoms with E-state index < -0.39 is 0 Å². The van der Waals surface area contributed by atoms with Crippen molar-refractivity contribution in [2.75, 3.05) is 13.6 Å². The van der Waals surface area contributed by atoms with Gasteiger partial charge in [-0.2, -0.15) is 0 Å². The third-order valence-electron chi connectivity index (χ3n) is 3.71. The van der Waals surface area contributed by atoms with E-state index in [-0.39, 0.29) is 0 Å². The van der Waals surface area contributed by atoms with Gasteiger partial charge in [-0.3, -0.25) is 4.90 Å². The van der Waals surface area contributed by atoms with E-state index in [9.17, 15) is 0 Å². The summed E-state index contributed by atoms with van der Waals surface area (Å²) in [5, 5.41) is 3.31. The van der Waals surface area contributed by atoms with Crippen molar-refractivity contribution in [1.29, 1.82) is 0 Å². The normalized spacial score (nSPS) is 14.2. The zero-order chi connectivity index (χ0) is 13.8. The van der Waals surface area contributed by atoms with Crippen molar-refractivity contribution >= 4 is 0 Å². The van der Waals surface area contributed by atoms with Crippen molar-refractivity contribution in [3.05, 3.63) is 23.7 Å². The number of rotatable bonds is 6. The Hall–Kier alpha value is -0.800. The average molecular weight is 252 g/mol. The minimum absolute atomic E-state index is 0.292. The maximum absolute atomic E-state index is 5.54. The van der Waals surface area contributed by atoms with Crippen LogP contribution in [0.1, 0.15) is 45.9 Å². The molecule has 0 aliphatic heterocycles. The Morgan fingerprint density at radius 3 is 2.61 bits per heavy atom. The second-order valence-corrected chi connectivity index (χ2v) is 6.11. The number of hydrogen-bond acceptors (Lipinski definition) is 3. The molecule has 1 aromatic rings. The van der Waals surface area contributed by atoms with Crippen LogP contribution in [0.4, 0.5) is 0 Å². The lowest BCUT2D eigenvalue weighted by molar-refractivity contribution is 0.134. The van der Waals surface area contributed by atoms with Gasteiger partial charge in [-0.1, -0.05) is 27.7 Å². The first-order valence-corrected chi connectivity index (χ1v) is 6.82. The zero-order valence-electron chi connectivity index (χ0n) is 12.7. The van der Waals surface area contributed by atoms with Crippen molar-refractivity contribution in [1.82, 2.24) is 10.2 Å². The van der Waals surface area contributed by atoms with Crippen molar-refractivity contribution < 1.29 is 4.42 Å². The van der Waals surface area contributed by atoms with Crippen molar-refractivity contribution in [2.45, 2.75) is 53.8 Å². The number of hydrogen-bond donors (Lipinski definition) is 1. The number of nitrogens with zero attached hydrogens (tertiary/aromatic N) is 1. The monoisotopic (exact) mass is 252 g/mol. The lowest BCUT2D eigenvalue weighted by Gasteiger charge is -2.35. The molecule has 0 aliphatic carbocycles. The quantitative estimate of drug-likeness (QED) is 0.842. The SMILES string of the molecule is CCNCc1occc1CN(C)C(C)C(C)(C)C. The fourth-order valence-corrected chi connectivity index (χ4v) is 1.97. The summed E-state index contributed by atoms with van der Waals surface area (Å²) in [6.45, 7) is 14.0. The minimum atomic E-state index is 0.292. The molecule has 18 heavy (non-hydrogen) atoms. The standard InChI is InChI=1S/C15H28N2O/c1-7-16-10-14-13(8-9-18-14)11-17(6)12(2)15(3,4)5/h8-9,12,16H,7,10-11H2,1-6H3. The molecule has 0 radical (unpaired) electrons. The lowest BCUT2D eigenvalue weighted by atomic mass is 9.87. The Morgan fingerprint density at radius 2 is 2.06 bits per heavy atom. The highest BCUT2D eigenvalue weighted by molar-refractivity contribution is 5.17. The Morgan fingerprint density at radius 1 is 1.39 bits per heavy atom. The van der Waals surface area contributed by atoms with Crippen molar-refractivity contribution in [3.8, 4) is 0 Å². The van der Waals surface area contributed by atoms with Gasteiger partial charge < -0.3 is 9.73 Å². The van der Waals surface area contributed by atoms with Gasteiger partial charge in [0.05, 0.1) is 12.8 Å². The van der Waals surface area contributed by atoms with Gasteiger partial charge in [-0.25, -0.2) is 0 Å². The molecule has 0 amide bonds. The van der Waals surface area contributed by atoms with E-state index in [2.05, 4.69) is 57.9 Å². The van der Waals surface area contributed by atoms with Crippen LogP contribution < -0.4 is 5.32 Å². The second-order valence-electron chi connectivity index (χ2n) is 6.11. The predicted molar refractivity (Wildman–Crippen MR) is 76.5 cm³/mol. The van der Waals surface area contributed by atoms with Crippen molar-refractivity contribution in [2.24, 2.45) is 5.41 Å². The first-order valence-electron chi connectivity index (χ1n) is 6.82. The molecule has 1 heterocycles. The summed E-state index contributed by atoms with van der Waals surface area (Å²) in [5.41, 5.74) is 1.58. The molecule has 0 bridgehead atoms. The molecule has 1 unspecified atom stereocenters. The molecule has 0 spiro atoms. The van der Waals surface area contributed by atoms with Crippen LogP contribution in [0.2, 0.25) is 0 Å². The molecule has 0 aromatic carbocycles. The highest BCUT2D eigenvalue weighted by atomic mass is 16.3. The molecule has 3 nitrogen and oxygen atoms in total. The van der Waals surface area contributed by atoms with E-state index in [1.165, 1.54) is 5.56 Å². The van der Waals surface area contributed by atoms with Gasteiger partial charge in [-0.05, 0) is 32.0 Å². The van der Waals surface area contributed by atoms with E-state index in [1.54, 1.807) is 6.26 Å². The van der Waals surface area contributed by atoms with E-state index in [0.29, 0.717) is 11.5 Å². The molecule has 1 N–H and O–H groups in total. The highest BCUT2D eigenvalue weighted by Crippen LogP contribution is 2.25. The minimum Gasteiger partial charge on any atom is -0.468 e. The van der Waals surface area contributed by atoms with Gasteiger partial charge in [0, 0.05) is 18.2 Å². The first kappa shape index (κ1) is 15.3. The van der Waals surface area contributed by atoms with Crippen LogP contribution in [0.15, 0.2) is 16.7 Å². The van der Waals surface area contributed by atoms with Crippen LogP contribution in [0.3, 0.4) is 0 Å². The van der Waals surface area contributed by atoms with Crippen molar-refractivity contribution in [3.63, 3.8) is 0 Å². The molecule has 1 rings (SSSR count). The van der Waals surface area contributed by atoms with Crippen LogP contribution >= 0.6 is 0 Å². The fraction of sp³-hybridized carbons (Fsp3) is 0.733. The van der Waals surface area contributed by atoms with Crippen LogP contribution in [0, 0.1) is 5.41 Å². The molecule has 3 heteroatoms. The molecule has 0 saturated carbocycles. The topological polar surface area (TPSA) is 28.4 Å². The first-order chi connectivity index (χ1) is 8.36. The lowest BCUT2D eigenvalue weighted by Crippen LogP contribution is -2.38. The van der Waals surface area contributed by atoms with Gasteiger partial charge in [0.15, 0.2) is 0 Å². The summed E-state index contributed by atoms with van der Waals surface area (Å²) in [7, 11) is 2.18. The highest BCUT2D eigenvalue weighted by Gasteiger charge is 2.24. The Bertz CT molecular complexity index is 352. The Kier molecular flexibility index (Phi) is 5.42. The summed E-state index contributed by atoms with van der Waals surface area (Å²) in [6, 6.07) is 2.61. The maximum Gasteiger partial charge on any atom is 0.122 e. The average Bonchev–Trinajstić information content (AvgIpc) is 2.71. The third kappa shape index (κ3) is 4.14. The third-order valence-corrected chi connectivity index (χ3v) is 3.71. The van der Waals surface area contributed by atoms with Gasteiger partial charge in [0.2, 0.25) is 0 Å².